The van der Waals surface area contributed by atoms with Crippen LogP contribution in [0.25, 0.3) is 11.4 Å². The van der Waals surface area contributed by atoms with Gasteiger partial charge < -0.3 is 10.3 Å². The molecule has 0 aliphatic heterocycles. The molecular weight excluding hydrogens is 305 g/mol. The molecule has 2 aromatic carbocycles. The van der Waals surface area contributed by atoms with Gasteiger partial charge in [0, 0.05) is 39.3 Å². The standard InChI is InChI=1S/C16H13Cl2N3/c17-14-5-2-6-15(18)13(14)10-21-8-7-20-16(21)11-3-1-4-12(19)9-11/h1-9H,10,19H2. The van der Waals surface area contributed by atoms with Crippen LogP contribution in [0.15, 0.2) is 54.9 Å². The van der Waals surface area contributed by atoms with Gasteiger partial charge in [0.05, 0.1) is 6.54 Å². The Morgan fingerprint density at radius 2 is 1.76 bits per heavy atom. The first-order valence-corrected chi connectivity index (χ1v) is 7.20. The summed E-state index contributed by atoms with van der Waals surface area (Å²) in [6.07, 6.45) is 3.65. The van der Waals surface area contributed by atoms with Crippen LogP contribution in [0, 0.1) is 0 Å². The first kappa shape index (κ1) is 14.0. The second-order valence-corrected chi connectivity index (χ2v) is 5.52. The van der Waals surface area contributed by atoms with Gasteiger partial charge in [-0.2, -0.15) is 0 Å². The van der Waals surface area contributed by atoms with Crippen molar-refractivity contribution in [1.82, 2.24) is 9.55 Å². The van der Waals surface area contributed by atoms with Crippen molar-refractivity contribution in [2.45, 2.75) is 6.54 Å². The molecule has 0 bridgehead atoms. The molecule has 0 aliphatic carbocycles. The van der Waals surface area contributed by atoms with Crippen molar-refractivity contribution >= 4 is 28.9 Å². The van der Waals surface area contributed by atoms with Crippen molar-refractivity contribution in [2.75, 3.05) is 5.73 Å². The van der Waals surface area contributed by atoms with Crippen LogP contribution in [0.2, 0.25) is 10.0 Å². The van der Waals surface area contributed by atoms with E-state index in [1.54, 1.807) is 6.20 Å². The van der Waals surface area contributed by atoms with Crippen molar-refractivity contribution in [3.05, 3.63) is 70.5 Å². The molecule has 0 atom stereocenters. The van der Waals surface area contributed by atoms with Crippen LogP contribution in [-0.2, 0) is 6.54 Å². The van der Waals surface area contributed by atoms with E-state index < -0.39 is 0 Å². The van der Waals surface area contributed by atoms with E-state index >= 15 is 0 Å². The van der Waals surface area contributed by atoms with Gasteiger partial charge in [0.15, 0.2) is 0 Å². The molecule has 3 nitrogen and oxygen atoms in total. The summed E-state index contributed by atoms with van der Waals surface area (Å²) in [5.74, 6) is 0.832. The number of anilines is 1. The van der Waals surface area contributed by atoms with Gasteiger partial charge in [-0.1, -0.05) is 41.4 Å². The lowest BCUT2D eigenvalue weighted by molar-refractivity contribution is 0.807. The first-order valence-electron chi connectivity index (χ1n) is 6.45. The smallest absolute Gasteiger partial charge is 0.140 e. The molecule has 3 aromatic rings. The van der Waals surface area contributed by atoms with E-state index in [9.17, 15) is 0 Å². The summed E-state index contributed by atoms with van der Waals surface area (Å²) in [6.45, 7) is 0.558. The Balaban J connectivity index is 2.00. The van der Waals surface area contributed by atoms with Gasteiger partial charge in [-0.05, 0) is 24.3 Å². The molecule has 0 radical (unpaired) electrons. The largest absolute Gasteiger partial charge is 0.399 e. The SMILES string of the molecule is Nc1cccc(-c2nccn2Cc2c(Cl)cccc2Cl)c1. The normalized spacial score (nSPS) is 10.8. The van der Waals surface area contributed by atoms with Gasteiger partial charge in [0.2, 0.25) is 0 Å². The highest BCUT2D eigenvalue weighted by Gasteiger charge is 2.10. The van der Waals surface area contributed by atoms with Gasteiger partial charge in [-0.25, -0.2) is 4.98 Å². The number of rotatable bonds is 3. The fraction of sp³-hybridized carbons (Fsp3) is 0.0625. The van der Waals surface area contributed by atoms with E-state index in [1.807, 2.05) is 53.2 Å². The van der Waals surface area contributed by atoms with Crippen molar-refractivity contribution in [2.24, 2.45) is 0 Å². The Kier molecular flexibility index (Phi) is 3.86. The lowest BCUT2D eigenvalue weighted by Crippen LogP contribution is -2.02. The van der Waals surface area contributed by atoms with E-state index in [4.69, 9.17) is 28.9 Å². The average Bonchev–Trinajstić information content (AvgIpc) is 2.91. The Labute approximate surface area is 132 Å². The second kappa shape index (κ2) is 5.80. The van der Waals surface area contributed by atoms with Crippen LogP contribution in [0.3, 0.4) is 0 Å². The van der Waals surface area contributed by atoms with Gasteiger partial charge in [-0.3, -0.25) is 0 Å². The molecule has 0 spiro atoms. The Hall–Kier alpha value is -1.97. The molecule has 0 saturated carbocycles. The van der Waals surface area contributed by atoms with Gasteiger partial charge in [-0.15, -0.1) is 0 Å². The minimum atomic E-state index is 0.558. The summed E-state index contributed by atoms with van der Waals surface area (Å²) in [6, 6.07) is 13.1. The average molecular weight is 318 g/mol. The summed E-state index contributed by atoms with van der Waals surface area (Å²) >= 11 is 12.5. The van der Waals surface area contributed by atoms with Gasteiger partial charge in [0.1, 0.15) is 5.82 Å². The lowest BCUT2D eigenvalue weighted by Gasteiger charge is -2.11. The molecular formula is C16H13Cl2N3. The molecule has 106 valence electrons. The number of hydrogen-bond acceptors (Lipinski definition) is 2. The number of imidazole rings is 1. The molecule has 0 unspecified atom stereocenters. The highest BCUT2D eigenvalue weighted by atomic mass is 35.5. The molecule has 0 saturated heterocycles. The number of hydrogen-bond donors (Lipinski definition) is 1. The Morgan fingerprint density at radius 1 is 1.05 bits per heavy atom. The topological polar surface area (TPSA) is 43.8 Å². The van der Waals surface area contributed by atoms with Crippen molar-refractivity contribution in [1.29, 1.82) is 0 Å². The number of halogens is 2. The summed E-state index contributed by atoms with van der Waals surface area (Å²) < 4.78 is 2.00. The van der Waals surface area contributed by atoms with Crippen LogP contribution < -0.4 is 5.73 Å². The number of aromatic nitrogens is 2. The molecule has 0 amide bonds. The summed E-state index contributed by atoms with van der Waals surface area (Å²) in [5, 5.41) is 1.30. The van der Waals surface area contributed by atoms with Crippen molar-refractivity contribution in [3.8, 4) is 11.4 Å². The number of benzene rings is 2. The minimum Gasteiger partial charge on any atom is -0.399 e. The van der Waals surface area contributed by atoms with Crippen LogP contribution in [0.5, 0.6) is 0 Å². The second-order valence-electron chi connectivity index (χ2n) is 4.70. The molecule has 0 fully saturated rings. The fourth-order valence-electron chi connectivity index (χ4n) is 2.23. The van der Waals surface area contributed by atoms with E-state index in [2.05, 4.69) is 4.98 Å². The van der Waals surface area contributed by atoms with Crippen LogP contribution in [-0.4, -0.2) is 9.55 Å². The fourth-order valence-corrected chi connectivity index (χ4v) is 2.75. The molecule has 2 N–H and O–H groups in total. The predicted octanol–water partition coefficient (Wildman–Crippen LogP) is 4.49. The Morgan fingerprint density at radius 3 is 2.48 bits per heavy atom. The minimum absolute atomic E-state index is 0.558. The zero-order valence-electron chi connectivity index (χ0n) is 11.1. The van der Waals surface area contributed by atoms with Gasteiger partial charge in [0.25, 0.3) is 0 Å². The monoisotopic (exact) mass is 317 g/mol. The van der Waals surface area contributed by atoms with Crippen LogP contribution in [0.1, 0.15) is 5.56 Å². The van der Waals surface area contributed by atoms with Crippen LogP contribution >= 0.6 is 23.2 Å². The van der Waals surface area contributed by atoms with E-state index in [0.717, 1.165) is 17.0 Å². The van der Waals surface area contributed by atoms with Crippen molar-refractivity contribution < 1.29 is 0 Å². The highest BCUT2D eigenvalue weighted by molar-refractivity contribution is 6.35. The molecule has 3 rings (SSSR count). The van der Waals surface area contributed by atoms with Crippen LogP contribution in [0.4, 0.5) is 5.69 Å². The highest BCUT2D eigenvalue weighted by Crippen LogP contribution is 2.27. The zero-order chi connectivity index (χ0) is 14.8. The Bertz CT molecular complexity index is 760. The van der Waals surface area contributed by atoms with Gasteiger partial charge >= 0.3 is 0 Å². The molecule has 1 aromatic heterocycles. The third-order valence-corrected chi connectivity index (χ3v) is 3.96. The summed E-state index contributed by atoms with van der Waals surface area (Å²) in [4.78, 5) is 4.40. The van der Waals surface area contributed by atoms with E-state index in [0.29, 0.717) is 22.3 Å². The lowest BCUT2D eigenvalue weighted by atomic mass is 10.1. The maximum atomic E-state index is 6.23. The summed E-state index contributed by atoms with van der Waals surface area (Å²) in [5.41, 5.74) is 8.38. The molecule has 0 aliphatic rings. The summed E-state index contributed by atoms with van der Waals surface area (Å²) in [7, 11) is 0. The number of nitrogen functional groups attached to an aromatic ring is 1. The molecule has 21 heavy (non-hydrogen) atoms. The zero-order valence-corrected chi connectivity index (χ0v) is 12.6. The quantitative estimate of drug-likeness (QED) is 0.723. The molecule has 5 heteroatoms. The van der Waals surface area contributed by atoms with E-state index in [1.165, 1.54) is 0 Å². The van der Waals surface area contributed by atoms with Crippen molar-refractivity contribution in [3.63, 3.8) is 0 Å². The molecule has 1 heterocycles. The predicted molar refractivity (Wildman–Crippen MR) is 87.6 cm³/mol. The number of nitrogens with two attached hydrogens (primary N) is 1. The maximum absolute atomic E-state index is 6.23. The number of nitrogens with zero attached hydrogens (tertiary/aromatic N) is 2. The third kappa shape index (κ3) is 2.89. The maximum Gasteiger partial charge on any atom is 0.140 e. The van der Waals surface area contributed by atoms with E-state index in [-0.39, 0.29) is 0 Å². The first-order chi connectivity index (χ1) is 10.1. The third-order valence-electron chi connectivity index (χ3n) is 3.25.